The third kappa shape index (κ3) is 2.85. The van der Waals surface area contributed by atoms with Crippen molar-refractivity contribution in [2.45, 2.75) is 20.3 Å². The maximum Gasteiger partial charge on any atom is 0.337 e. The molecule has 0 amide bonds. The number of hydrogen-bond donors (Lipinski definition) is 3. The standard InChI is InChI=1S/C13H15N3O2S/c1-3-10-7(2)19-13(15-10)16-11-5-4-8(14)6-9(11)12(17)18/h4-6H,3,14H2,1-2H3,(H,15,16)(H,17,18). The highest BCUT2D eigenvalue weighted by atomic mass is 32.1. The molecule has 0 atom stereocenters. The van der Waals surface area contributed by atoms with Crippen molar-refractivity contribution in [2.24, 2.45) is 0 Å². The zero-order valence-electron chi connectivity index (χ0n) is 10.7. The number of nitrogens with zero attached hydrogens (tertiary/aromatic N) is 1. The molecule has 0 aliphatic heterocycles. The van der Waals surface area contributed by atoms with Gasteiger partial charge >= 0.3 is 5.97 Å². The summed E-state index contributed by atoms with van der Waals surface area (Å²) in [6.07, 6.45) is 0.859. The Bertz CT molecular complexity index is 622. The molecule has 5 nitrogen and oxygen atoms in total. The van der Waals surface area contributed by atoms with Crippen LogP contribution in [0, 0.1) is 6.92 Å². The second-order valence-corrected chi connectivity index (χ2v) is 5.31. The van der Waals surface area contributed by atoms with Crippen LogP contribution in [0.2, 0.25) is 0 Å². The number of carboxylic acids is 1. The molecule has 1 aromatic heterocycles. The van der Waals surface area contributed by atoms with Gasteiger partial charge in [-0.05, 0) is 31.5 Å². The minimum atomic E-state index is -1.02. The Morgan fingerprint density at radius 3 is 2.84 bits per heavy atom. The van der Waals surface area contributed by atoms with Crippen molar-refractivity contribution in [1.82, 2.24) is 4.98 Å². The van der Waals surface area contributed by atoms with Gasteiger partial charge in [0.15, 0.2) is 5.13 Å². The van der Waals surface area contributed by atoms with E-state index < -0.39 is 5.97 Å². The van der Waals surface area contributed by atoms with Gasteiger partial charge in [-0.2, -0.15) is 0 Å². The molecule has 0 fully saturated rings. The average Bonchev–Trinajstić information content (AvgIpc) is 2.71. The van der Waals surface area contributed by atoms with Gasteiger partial charge in [-0.25, -0.2) is 9.78 Å². The van der Waals surface area contributed by atoms with Crippen LogP contribution in [0.1, 0.15) is 27.9 Å². The van der Waals surface area contributed by atoms with E-state index in [0.29, 0.717) is 16.5 Å². The van der Waals surface area contributed by atoms with Crippen LogP contribution in [0.4, 0.5) is 16.5 Å². The molecule has 4 N–H and O–H groups in total. The lowest BCUT2D eigenvalue weighted by Gasteiger charge is -2.07. The highest BCUT2D eigenvalue weighted by Gasteiger charge is 2.13. The second-order valence-electron chi connectivity index (χ2n) is 4.11. The molecule has 0 saturated heterocycles. The van der Waals surface area contributed by atoms with Gasteiger partial charge in [0.1, 0.15) is 0 Å². The number of carboxylic acid groups (broad SMARTS) is 1. The topological polar surface area (TPSA) is 88.2 Å². The Balaban J connectivity index is 2.34. The third-order valence-corrected chi connectivity index (χ3v) is 3.67. The number of thiazole rings is 1. The lowest BCUT2D eigenvalue weighted by molar-refractivity contribution is 0.0698. The number of rotatable bonds is 4. The van der Waals surface area contributed by atoms with Gasteiger partial charge in [0.2, 0.25) is 0 Å². The zero-order valence-corrected chi connectivity index (χ0v) is 11.5. The third-order valence-electron chi connectivity index (χ3n) is 2.74. The van der Waals surface area contributed by atoms with E-state index in [0.717, 1.165) is 17.0 Å². The van der Waals surface area contributed by atoms with E-state index >= 15 is 0 Å². The minimum absolute atomic E-state index is 0.144. The van der Waals surface area contributed by atoms with Crippen molar-refractivity contribution in [2.75, 3.05) is 11.1 Å². The molecule has 19 heavy (non-hydrogen) atoms. The van der Waals surface area contributed by atoms with Gasteiger partial charge in [-0.3, -0.25) is 0 Å². The van der Waals surface area contributed by atoms with E-state index in [1.54, 1.807) is 12.1 Å². The normalized spacial score (nSPS) is 10.4. The summed E-state index contributed by atoms with van der Waals surface area (Å²) in [7, 11) is 0. The van der Waals surface area contributed by atoms with Crippen LogP contribution < -0.4 is 11.1 Å². The van der Waals surface area contributed by atoms with Crippen molar-refractivity contribution >= 4 is 33.8 Å². The number of nitrogens with one attached hydrogen (secondary N) is 1. The van der Waals surface area contributed by atoms with E-state index in [2.05, 4.69) is 10.3 Å². The summed E-state index contributed by atoms with van der Waals surface area (Å²) < 4.78 is 0. The van der Waals surface area contributed by atoms with Crippen LogP contribution >= 0.6 is 11.3 Å². The molecule has 0 saturated carbocycles. The lowest BCUT2D eigenvalue weighted by atomic mass is 10.1. The van der Waals surface area contributed by atoms with Crippen LogP contribution in [0.15, 0.2) is 18.2 Å². The average molecular weight is 277 g/mol. The van der Waals surface area contributed by atoms with Crippen molar-refractivity contribution < 1.29 is 9.90 Å². The van der Waals surface area contributed by atoms with Gasteiger partial charge in [0, 0.05) is 10.6 Å². The summed E-state index contributed by atoms with van der Waals surface area (Å²) in [5, 5.41) is 12.9. The number of aryl methyl sites for hydroxylation is 2. The summed E-state index contributed by atoms with van der Waals surface area (Å²) >= 11 is 1.51. The van der Waals surface area contributed by atoms with Crippen molar-refractivity contribution in [1.29, 1.82) is 0 Å². The summed E-state index contributed by atoms with van der Waals surface area (Å²) in [6.45, 7) is 4.04. The van der Waals surface area contributed by atoms with Gasteiger partial charge in [-0.15, -0.1) is 11.3 Å². The number of nitrogens with two attached hydrogens (primary N) is 1. The molecule has 0 bridgehead atoms. The van der Waals surface area contributed by atoms with Crippen LogP contribution in [0.3, 0.4) is 0 Å². The number of aromatic nitrogens is 1. The summed E-state index contributed by atoms with van der Waals surface area (Å²) in [5.74, 6) is -1.02. The Labute approximate surface area is 115 Å². The monoisotopic (exact) mass is 277 g/mol. The van der Waals surface area contributed by atoms with Gasteiger partial charge in [-0.1, -0.05) is 6.92 Å². The van der Waals surface area contributed by atoms with E-state index in [-0.39, 0.29) is 5.56 Å². The van der Waals surface area contributed by atoms with E-state index in [1.807, 2.05) is 13.8 Å². The van der Waals surface area contributed by atoms with E-state index in [9.17, 15) is 4.79 Å². The van der Waals surface area contributed by atoms with Crippen molar-refractivity contribution in [3.63, 3.8) is 0 Å². The Morgan fingerprint density at radius 1 is 1.53 bits per heavy atom. The SMILES string of the molecule is CCc1nc(Nc2ccc(N)cc2C(=O)O)sc1C. The minimum Gasteiger partial charge on any atom is -0.478 e. The van der Waals surface area contributed by atoms with Crippen LogP contribution in [0.5, 0.6) is 0 Å². The molecule has 0 aliphatic carbocycles. The lowest BCUT2D eigenvalue weighted by Crippen LogP contribution is -2.03. The predicted octanol–water partition coefficient (Wildman–Crippen LogP) is 3.04. The molecule has 1 heterocycles. The first-order valence-corrected chi connectivity index (χ1v) is 6.69. The van der Waals surface area contributed by atoms with Crippen LogP contribution in [0.25, 0.3) is 0 Å². The highest BCUT2D eigenvalue weighted by Crippen LogP contribution is 2.28. The quantitative estimate of drug-likeness (QED) is 0.747. The maximum absolute atomic E-state index is 11.2. The first-order chi connectivity index (χ1) is 9.01. The van der Waals surface area contributed by atoms with Crippen molar-refractivity contribution in [3.05, 3.63) is 34.3 Å². The number of anilines is 3. The molecule has 2 aromatic rings. The fraction of sp³-hybridized carbons (Fsp3) is 0.231. The number of hydrogen-bond acceptors (Lipinski definition) is 5. The Morgan fingerprint density at radius 2 is 2.26 bits per heavy atom. The molecule has 1 aromatic carbocycles. The van der Waals surface area contributed by atoms with Gasteiger partial charge in [0.05, 0.1) is 16.9 Å². The smallest absolute Gasteiger partial charge is 0.337 e. The number of nitrogen functional groups attached to an aromatic ring is 1. The molecule has 100 valence electrons. The molecule has 0 unspecified atom stereocenters. The largest absolute Gasteiger partial charge is 0.478 e. The zero-order chi connectivity index (χ0) is 14.0. The van der Waals surface area contributed by atoms with Crippen LogP contribution in [-0.2, 0) is 6.42 Å². The summed E-state index contributed by atoms with van der Waals surface area (Å²) in [5.41, 5.74) is 7.70. The van der Waals surface area contributed by atoms with E-state index in [1.165, 1.54) is 17.4 Å². The van der Waals surface area contributed by atoms with Crippen LogP contribution in [-0.4, -0.2) is 16.1 Å². The first-order valence-electron chi connectivity index (χ1n) is 5.87. The number of aromatic carboxylic acids is 1. The number of benzene rings is 1. The van der Waals surface area contributed by atoms with Gasteiger partial charge in [0.25, 0.3) is 0 Å². The summed E-state index contributed by atoms with van der Waals surface area (Å²) in [6, 6.07) is 4.75. The Hall–Kier alpha value is -2.08. The molecule has 0 spiro atoms. The predicted molar refractivity (Wildman–Crippen MR) is 77.3 cm³/mol. The fourth-order valence-electron chi connectivity index (χ4n) is 1.77. The van der Waals surface area contributed by atoms with Gasteiger partial charge < -0.3 is 16.2 Å². The molecule has 6 heteroatoms. The maximum atomic E-state index is 11.2. The second kappa shape index (κ2) is 5.27. The fourth-order valence-corrected chi connectivity index (χ4v) is 2.69. The summed E-state index contributed by atoms with van der Waals surface area (Å²) in [4.78, 5) is 16.7. The molecule has 0 aliphatic rings. The molecular weight excluding hydrogens is 262 g/mol. The Kier molecular flexibility index (Phi) is 3.71. The first kappa shape index (κ1) is 13.4. The number of carbonyl (C=O) groups is 1. The molecular formula is C13H15N3O2S. The molecule has 0 radical (unpaired) electrons. The van der Waals surface area contributed by atoms with E-state index in [4.69, 9.17) is 10.8 Å². The molecule has 2 rings (SSSR count). The highest BCUT2D eigenvalue weighted by molar-refractivity contribution is 7.15. The van der Waals surface area contributed by atoms with Crippen molar-refractivity contribution in [3.8, 4) is 0 Å².